The molecule has 0 unspecified atom stereocenters. The summed E-state index contributed by atoms with van der Waals surface area (Å²) in [5, 5.41) is 22.0. The van der Waals surface area contributed by atoms with Gasteiger partial charge in [0, 0.05) is 17.7 Å². The summed E-state index contributed by atoms with van der Waals surface area (Å²) in [7, 11) is 0. The van der Waals surface area contributed by atoms with Gasteiger partial charge in [0.15, 0.2) is 23.2 Å². The van der Waals surface area contributed by atoms with Crippen molar-refractivity contribution in [3.63, 3.8) is 0 Å². The molecule has 0 aliphatic rings. The van der Waals surface area contributed by atoms with Crippen LogP contribution in [0, 0.1) is 0 Å². The number of anilines is 3. The van der Waals surface area contributed by atoms with Crippen molar-refractivity contribution in [2.24, 2.45) is 0 Å². The van der Waals surface area contributed by atoms with Gasteiger partial charge in [-0.3, -0.25) is 4.79 Å². The van der Waals surface area contributed by atoms with Crippen molar-refractivity contribution < 1.29 is 42.2 Å². The van der Waals surface area contributed by atoms with Gasteiger partial charge in [-0.05, 0) is 18.2 Å². The topological polar surface area (TPSA) is 219 Å². The van der Waals surface area contributed by atoms with Crippen LogP contribution in [0.15, 0.2) is 24.4 Å². The van der Waals surface area contributed by atoms with Crippen molar-refractivity contribution in [3.8, 4) is 0 Å². The summed E-state index contributed by atoms with van der Waals surface area (Å²) >= 11 is 0. The Kier molecular flexibility index (Phi) is 7.54. The van der Waals surface area contributed by atoms with Crippen molar-refractivity contribution in [2.45, 2.75) is 31.4 Å². The first-order chi connectivity index (χ1) is 17.3. The van der Waals surface area contributed by atoms with Gasteiger partial charge in [-0.2, -0.15) is 23.1 Å². The number of carbonyl (C=O) groups is 3. The zero-order valence-electron chi connectivity index (χ0n) is 18.5. The number of hydrogen-bond acceptors (Lipinski definition) is 10. The van der Waals surface area contributed by atoms with E-state index in [1.54, 1.807) is 0 Å². The minimum Gasteiger partial charge on any atom is -0.480 e. The predicted octanol–water partition coefficient (Wildman–Crippen LogP) is 1.21. The van der Waals surface area contributed by atoms with Gasteiger partial charge in [-0.15, -0.1) is 0 Å². The van der Waals surface area contributed by atoms with Crippen LogP contribution < -0.4 is 22.1 Å². The number of hydrogen-bond donors (Lipinski definition) is 6. The molecule has 3 aromatic rings. The summed E-state index contributed by atoms with van der Waals surface area (Å²) in [6.45, 7) is -0.254. The summed E-state index contributed by atoms with van der Waals surface area (Å²) in [5.74, 6) is -5.21. The molecule has 2 aromatic heterocycles. The predicted molar refractivity (Wildman–Crippen MR) is 119 cm³/mol. The van der Waals surface area contributed by atoms with E-state index in [-0.39, 0.29) is 35.2 Å². The number of alkyl halides is 4. The van der Waals surface area contributed by atoms with E-state index in [0.717, 1.165) is 12.1 Å². The maximum atomic E-state index is 13.7. The SMILES string of the molecule is Nc1nc(N)c2nc(CNc3ccc(C(=O)N[C@@H](C[C@@H](F)C(=O)O)C(=O)O)cc3C(F)(F)F)cnc2n1. The Morgan fingerprint density at radius 1 is 1.05 bits per heavy atom. The number of nitrogens with one attached hydrogen (secondary N) is 2. The Labute approximate surface area is 203 Å². The number of benzene rings is 1. The lowest BCUT2D eigenvalue weighted by molar-refractivity contribution is -0.145. The van der Waals surface area contributed by atoms with E-state index in [9.17, 15) is 31.9 Å². The van der Waals surface area contributed by atoms with Gasteiger partial charge in [0.2, 0.25) is 5.95 Å². The molecule has 0 spiro atoms. The van der Waals surface area contributed by atoms with Crippen LogP contribution in [-0.2, 0) is 22.3 Å². The summed E-state index contributed by atoms with van der Waals surface area (Å²) in [6.07, 6.45) is -7.45. The average Bonchev–Trinajstić information content (AvgIpc) is 2.81. The van der Waals surface area contributed by atoms with Crippen LogP contribution >= 0.6 is 0 Å². The number of aliphatic carboxylic acids is 2. The van der Waals surface area contributed by atoms with Crippen molar-refractivity contribution in [1.29, 1.82) is 0 Å². The molecule has 2 heterocycles. The van der Waals surface area contributed by atoms with Gasteiger partial charge in [0.1, 0.15) is 6.04 Å². The van der Waals surface area contributed by atoms with E-state index >= 15 is 0 Å². The average molecular weight is 526 g/mol. The highest BCUT2D eigenvalue weighted by Crippen LogP contribution is 2.36. The van der Waals surface area contributed by atoms with Crippen molar-refractivity contribution in [3.05, 3.63) is 41.2 Å². The second-order valence-corrected chi connectivity index (χ2v) is 7.52. The molecule has 0 fully saturated rings. The lowest BCUT2D eigenvalue weighted by Gasteiger charge is -2.18. The number of rotatable bonds is 9. The minimum atomic E-state index is -4.94. The van der Waals surface area contributed by atoms with Crippen LogP contribution in [0.2, 0.25) is 0 Å². The lowest BCUT2D eigenvalue weighted by Crippen LogP contribution is -2.43. The van der Waals surface area contributed by atoms with Crippen LogP contribution in [0.4, 0.5) is 35.0 Å². The second-order valence-electron chi connectivity index (χ2n) is 7.52. The van der Waals surface area contributed by atoms with Crippen molar-refractivity contribution in [1.82, 2.24) is 25.3 Å². The number of amides is 1. The Balaban J connectivity index is 1.82. The van der Waals surface area contributed by atoms with Gasteiger partial charge in [-0.1, -0.05) is 0 Å². The Hall–Kier alpha value is -4.83. The number of carboxylic acids is 2. The molecular formula is C20H18F4N8O5. The molecule has 0 aliphatic heterocycles. The fraction of sp³-hybridized carbons (Fsp3) is 0.250. The summed E-state index contributed by atoms with van der Waals surface area (Å²) < 4.78 is 54.6. The molecule has 8 N–H and O–H groups in total. The van der Waals surface area contributed by atoms with E-state index in [0.29, 0.717) is 6.07 Å². The minimum absolute atomic E-state index is 0.0784. The molecule has 0 aliphatic carbocycles. The quantitative estimate of drug-likeness (QED) is 0.217. The zero-order chi connectivity index (χ0) is 27.5. The molecule has 13 nitrogen and oxygen atoms in total. The van der Waals surface area contributed by atoms with Crippen LogP contribution in [0.3, 0.4) is 0 Å². The largest absolute Gasteiger partial charge is 0.480 e. The first kappa shape index (κ1) is 26.8. The zero-order valence-corrected chi connectivity index (χ0v) is 18.5. The van der Waals surface area contributed by atoms with Crippen molar-refractivity contribution in [2.75, 3.05) is 16.8 Å². The number of nitrogens with two attached hydrogens (primary N) is 2. The Morgan fingerprint density at radius 3 is 2.38 bits per heavy atom. The fourth-order valence-corrected chi connectivity index (χ4v) is 3.10. The van der Waals surface area contributed by atoms with Crippen molar-refractivity contribution >= 4 is 46.5 Å². The third kappa shape index (κ3) is 6.44. The van der Waals surface area contributed by atoms with Gasteiger partial charge in [-0.25, -0.2) is 23.9 Å². The van der Waals surface area contributed by atoms with Crippen LogP contribution in [-0.4, -0.2) is 60.2 Å². The van der Waals surface area contributed by atoms with Gasteiger partial charge < -0.3 is 32.3 Å². The summed E-state index contributed by atoms with van der Waals surface area (Å²) in [6, 6.07) is 0.358. The first-order valence-electron chi connectivity index (χ1n) is 10.2. The molecule has 196 valence electrons. The lowest BCUT2D eigenvalue weighted by atomic mass is 10.1. The molecule has 1 aromatic carbocycles. The second kappa shape index (κ2) is 10.4. The molecule has 0 radical (unpaired) electrons. The standard InChI is InChI=1S/C20H18F4N8O5/c21-10(17(34)35)4-12(18(36)37)30-16(33)7-1-2-11(9(3-7)20(22,23)24)27-5-8-6-28-15-13(29-8)14(25)31-19(26)32-15/h1-3,6,10,12,27H,4-5H2,(H,30,33)(H,34,35)(H,36,37)(H4,25,26,28,31,32)/t10-,12+/m1/s1. The molecule has 17 heteroatoms. The van der Waals surface area contributed by atoms with Crippen LogP contribution in [0.25, 0.3) is 11.2 Å². The molecule has 0 saturated carbocycles. The van der Waals surface area contributed by atoms with Crippen LogP contribution in [0.1, 0.15) is 28.0 Å². The highest BCUT2D eigenvalue weighted by atomic mass is 19.4. The number of aromatic nitrogens is 4. The Bertz CT molecular complexity index is 1370. The van der Waals surface area contributed by atoms with Gasteiger partial charge in [0.05, 0.1) is 24.0 Å². The number of carbonyl (C=O) groups excluding carboxylic acids is 1. The number of halogens is 4. The normalized spacial score (nSPS) is 13.1. The van der Waals surface area contributed by atoms with E-state index in [2.05, 4.69) is 25.3 Å². The number of carboxylic acid groups (broad SMARTS) is 2. The maximum Gasteiger partial charge on any atom is 0.418 e. The van der Waals surface area contributed by atoms with E-state index in [1.165, 1.54) is 6.20 Å². The van der Waals surface area contributed by atoms with Crippen LogP contribution in [0.5, 0.6) is 0 Å². The smallest absolute Gasteiger partial charge is 0.418 e. The monoisotopic (exact) mass is 526 g/mol. The van der Waals surface area contributed by atoms with Gasteiger partial charge in [0.25, 0.3) is 5.91 Å². The first-order valence-corrected chi connectivity index (χ1v) is 10.2. The number of nitrogens with zero attached hydrogens (tertiary/aromatic N) is 4. The van der Waals surface area contributed by atoms with E-state index < -0.39 is 59.5 Å². The molecule has 1 amide bonds. The van der Waals surface area contributed by atoms with Gasteiger partial charge >= 0.3 is 18.1 Å². The molecule has 0 saturated heterocycles. The molecule has 2 atom stereocenters. The molecule has 37 heavy (non-hydrogen) atoms. The highest BCUT2D eigenvalue weighted by molar-refractivity contribution is 5.97. The van der Waals surface area contributed by atoms with E-state index in [4.69, 9.17) is 21.7 Å². The third-order valence-electron chi connectivity index (χ3n) is 4.86. The van der Waals surface area contributed by atoms with E-state index in [1.807, 2.05) is 5.32 Å². The summed E-state index contributed by atoms with van der Waals surface area (Å²) in [5.41, 5.74) is 9.23. The molecular weight excluding hydrogens is 508 g/mol. The fourth-order valence-electron chi connectivity index (χ4n) is 3.10. The number of fused-ring (bicyclic) bond motifs is 1. The molecule has 0 bridgehead atoms. The molecule has 3 rings (SSSR count). The Morgan fingerprint density at radius 2 is 1.76 bits per heavy atom. The highest BCUT2D eigenvalue weighted by Gasteiger charge is 2.35. The summed E-state index contributed by atoms with van der Waals surface area (Å²) in [4.78, 5) is 50.0. The third-order valence-corrected chi connectivity index (χ3v) is 4.86. The number of nitrogen functional groups attached to an aromatic ring is 2. The maximum absolute atomic E-state index is 13.7.